The molecule has 5 aromatic rings. The summed E-state index contributed by atoms with van der Waals surface area (Å²) in [4.78, 5) is 40.8. The monoisotopic (exact) mass is 437 g/mol. The van der Waals surface area contributed by atoms with Crippen LogP contribution in [0.4, 0.5) is 17.2 Å². The number of nitrogens with zero attached hydrogens (tertiary/aromatic N) is 4. The van der Waals surface area contributed by atoms with Crippen molar-refractivity contribution in [2.45, 2.75) is 6.54 Å². The molecule has 3 aromatic heterocycles. The largest absolute Gasteiger partial charge is 0.345 e. The van der Waals surface area contributed by atoms with Gasteiger partial charge in [0.1, 0.15) is 24.3 Å². The first-order chi connectivity index (χ1) is 16.2. The predicted molar refractivity (Wildman–Crippen MR) is 124 cm³/mol. The molecule has 0 saturated heterocycles. The van der Waals surface area contributed by atoms with Gasteiger partial charge >= 0.3 is 0 Å². The number of H-pyrrole nitrogens is 1. The van der Waals surface area contributed by atoms with E-state index in [1.54, 1.807) is 53.8 Å². The molecule has 0 saturated carbocycles. The number of hydrogen-bond donors (Lipinski definition) is 3. The lowest BCUT2D eigenvalue weighted by Gasteiger charge is -2.10. The van der Waals surface area contributed by atoms with Crippen molar-refractivity contribution in [2.75, 3.05) is 10.6 Å². The molecule has 0 aliphatic carbocycles. The maximum absolute atomic E-state index is 13.0. The standard InChI is InChI=1S/C24H19N7O2/c32-20(13-31-11-10-25-15-31)29-17-6-8-18(9-7-17)30-24-21-19(12-26-23(21)27-14-28-24)22(33)16-4-2-1-3-5-16/h1-12,14-15H,13H2,(H,29,32)(H2,26,27,28,30). The summed E-state index contributed by atoms with van der Waals surface area (Å²) in [6.45, 7) is 0.185. The number of hydrogen-bond acceptors (Lipinski definition) is 6. The number of benzene rings is 2. The number of fused-ring (bicyclic) bond motifs is 1. The van der Waals surface area contributed by atoms with E-state index in [4.69, 9.17) is 0 Å². The second-order valence-electron chi connectivity index (χ2n) is 7.33. The van der Waals surface area contributed by atoms with E-state index in [1.165, 1.54) is 6.33 Å². The summed E-state index contributed by atoms with van der Waals surface area (Å²) in [6.07, 6.45) is 8.03. The zero-order valence-electron chi connectivity index (χ0n) is 17.4. The first-order valence-electron chi connectivity index (χ1n) is 10.2. The van der Waals surface area contributed by atoms with Crippen molar-refractivity contribution in [2.24, 2.45) is 0 Å². The molecule has 0 aliphatic heterocycles. The van der Waals surface area contributed by atoms with E-state index in [1.807, 2.05) is 30.3 Å². The summed E-state index contributed by atoms with van der Waals surface area (Å²) in [6, 6.07) is 16.3. The van der Waals surface area contributed by atoms with Gasteiger partial charge in [0.15, 0.2) is 5.78 Å². The number of aromatic amines is 1. The molecule has 3 N–H and O–H groups in total. The molecule has 0 atom stereocenters. The minimum atomic E-state index is -0.150. The van der Waals surface area contributed by atoms with Crippen molar-refractivity contribution in [3.05, 3.63) is 97.0 Å². The van der Waals surface area contributed by atoms with E-state index in [9.17, 15) is 9.59 Å². The second kappa shape index (κ2) is 8.75. The Bertz CT molecular complexity index is 1410. The molecule has 1 amide bonds. The van der Waals surface area contributed by atoms with Crippen molar-refractivity contribution < 1.29 is 9.59 Å². The van der Waals surface area contributed by atoms with Gasteiger partial charge in [0.2, 0.25) is 5.91 Å². The van der Waals surface area contributed by atoms with Crippen molar-refractivity contribution in [1.82, 2.24) is 24.5 Å². The zero-order valence-corrected chi connectivity index (χ0v) is 17.4. The Hall–Kier alpha value is -4.79. The molecule has 2 aromatic carbocycles. The molecule has 0 radical (unpaired) electrons. The number of rotatable bonds is 7. The quantitative estimate of drug-likeness (QED) is 0.334. The first kappa shape index (κ1) is 20.1. The van der Waals surface area contributed by atoms with Gasteiger partial charge in [0.25, 0.3) is 0 Å². The highest BCUT2D eigenvalue weighted by Gasteiger charge is 2.18. The lowest BCUT2D eigenvalue weighted by atomic mass is 10.0. The summed E-state index contributed by atoms with van der Waals surface area (Å²) >= 11 is 0. The van der Waals surface area contributed by atoms with Gasteiger partial charge in [-0.05, 0) is 24.3 Å². The normalized spacial score (nSPS) is 10.8. The molecule has 0 fully saturated rings. The van der Waals surface area contributed by atoms with Crippen LogP contribution in [0.5, 0.6) is 0 Å². The van der Waals surface area contributed by atoms with E-state index < -0.39 is 0 Å². The van der Waals surface area contributed by atoms with Crippen LogP contribution in [0.1, 0.15) is 15.9 Å². The third-order valence-corrected chi connectivity index (χ3v) is 5.07. The number of imidazole rings is 1. The van der Waals surface area contributed by atoms with Crippen LogP contribution < -0.4 is 10.6 Å². The minimum absolute atomic E-state index is 0.115. The van der Waals surface area contributed by atoms with Gasteiger partial charge in [-0.25, -0.2) is 15.0 Å². The summed E-state index contributed by atoms with van der Waals surface area (Å²) in [7, 11) is 0. The fourth-order valence-electron chi connectivity index (χ4n) is 3.50. The molecule has 0 spiro atoms. The fourth-order valence-corrected chi connectivity index (χ4v) is 3.50. The third kappa shape index (κ3) is 4.33. The Labute approximate surface area is 188 Å². The van der Waals surface area contributed by atoms with Gasteiger partial charge in [0, 0.05) is 35.5 Å². The number of carbonyl (C=O) groups is 2. The van der Waals surface area contributed by atoms with Crippen LogP contribution in [0.25, 0.3) is 11.0 Å². The van der Waals surface area contributed by atoms with E-state index >= 15 is 0 Å². The molecule has 33 heavy (non-hydrogen) atoms. The molecule has 9 nitrogen and oxygen atoms in total. The Morgan fingerprint density at radius 1 is 0.970 bits per heavy atom. The predicted octanol–water partition coefficient (Wildman–Crippen LogP) is 3.77. The molecule has 9 heteroatoms. The molecule has 0 bridgehead atoms. The van der Waals surface area contributed by atoms with E-state index in [0.29, 0.717) is 33.7 Å². The van der Waals surface area contributed by atoms with Gasteiger partial charge in [-0.2, -0.15) is 0 Å². The van der Waals surface area contributed by atoms with Crippen molar-refractivity contribution >= 4 is 39.9 Å². The summed E-state index contributed by atoms with van der Waals surface area (Å²) in [5.41, 5.74) is 3.06. The van der Waals surface area contributed by atoms with E-state index in [0.717, 1.165) is 5.69 Å². The fraction of sp³-hybridized carbons (Fsp3) is 0.0417. The number of nitrogens with one attached hydrogen (secondary N) is 3. The average Bonchev–Trinajstić information content (AvgIpc) is 3.51. The number of anilines is 3. The van der Waals surface area contributed by atoms with Gasteiger partial charge in [0.05, 0.1) is 17.3 Å². The van der Waals surface area contributed by atoms with Crippen LogP contribution in [0.2, 0.25) is 0 Å². The number of amides is 1. The number of aromatic nitrogens is 5. The SMILES string of the molecule is O=C(Cn1ccnc1)Nc1ccc(Nc2ncnc3[nH]cc(C(=O)c4ccccc4)c23)cc1. The van der Waals surface area contributed by atoms with Crippen molar-refractivity contribution in [1.29, 1.82) is 0 Å². The Balaban J connectivity index is 1.35. The highest BCUT2D eigenvalue weighted by Crippen LogP contribution is 2.28. The maximum Gasteiger partial charge on any atom is 0.244 e. The van der Waals surface area contributed by atoms with E-state index in [-0.39, 0.29) is 18.2 Å². The molecule has 0 unspecified atom stereocenters. The number of carbonyl (C=O) groups excluding carboxylic acids is 2. The maximum atomic E-state index is 13.0. The first-order valence-corrected chi connectivity index (χ1v) is 10.2. The van der Waals surface area contributed by atoms with Crippen LogP contribution in [0, 0.1) is 0 Å². The summed E-state index contributed by atoms with van der Waals surface area (Å²) in [5.74, 6) is 0.246. The molecule has 162 valence electrons. The summed E-state index contributed by atoms with van der Waals surface area (Å²) in [5, 5.41) is 6.71. The van der Waals surface area contributed by atoms with Gasteiger partial charge in [-0.1, -0.05) is 30.3 Å². The summed E-state index contributed by atoms with van der Waals surface area (Å²) < 4.78 is 1.69. The lowest BCUT2D eigenvalue weighted by molar-refractivity contribution is -0.116. The second-order valence-corrected chi connectivity index (χ2v) is 7.33. The number of ketones is 1. The minimum Gasteiger partial charge on any atom is -0.345 e. The molecule has 0 aliphatic rings. The highest BCUT2D eigenvalue weighted by molar-refractivity contribution is 6.18. The van der Waals surface area contributed by atoms with Gasteiger partial charge in [-0.3, -0.25) is 9.59 Å². The Morgan fingerprint density at radius 3 is 2.52 bits per heavy atom. The average molecular weight is 437 g/mol. The highest BCUT2D eigenvalue weighted by atomic mass is 16.2. The van der Waals surface area contributed by atoms with Crippen LogP contribution in [-0.2, 0) is 11.3 Å². The molecular weight excluding hydrogens is 418 g/mol. The van der Waals surface area contributed by atoms with Crippen molar-refractivity contribution in [3.63, 3.8) is 0 Å². The Kier molecular flexibility index (Phi) is 5.34. The van der Waals surface area contributed by atoms with Gasteiger partial charge in [-0.15, -0.1) is 0 Å². The molecule has 5 rings (SSSR count). The molecular formula is C24H19N7O2. The topological polar surface area (TPSA) is 118 Å². The van der Waals surface area contributed by atoms with Crippen molar-refractivity contribution in [3.8, 4) is 0 Å². The van der Waals surface area contributed by atoms with E-state index in [2.05, 4.69) is 30.6 Å². The lowest BCUT2D eigenvalue weighted by Crippen LogP contribution is -2.17. The van der Waals surface area contributed by atoms with Crippen LogP contribution >= 0.6 is 0 Å². The molecule has 3 heterocycles. The van der Waals surface area contributed by atoms with Crippen LogP contribution in [-0.4, -0.2) is 36.2 Å². The Morgan fingerprint density at radius 2 is 1.76 bits per heavy atom. The van der Waals surface area contributed by atoms with Crippen LogP contribution in [0.15, 0.2) is 85.8 Å². The van der Waals surface area contributed by atoms with Gasteiger partial charge < -0.3 is 20.2 Å². The third-order valence-electron chi connectivity index (χ3n) is 5.07. The zero-order chi connectivity index (χ0) is 22.6. The smallest absolute Gasteiger partial charge is 0.244 e. The van der Waals surface area contributed by atoms with Crippen LogP contribution in [0.3, 0.4) is 0 Å².